The third-order valence-corrected chi connectivity index (χ3v) is 4.28. The van der Waals surface area contributed by atoms with Crippen molar-refractivity contribution >= 4 is 5.91 Å². The Kier molecular flexibility index (Phi) is 6.83. The average molecular weight is 305 g/mol. The Morgan fingerprint density at radius 1 is 1.23 bits per heavy atom. The number of hydrogen-bond donors (Lipinski definition) is 1. The van der Waals surface area contributed by atoms with Crippen LogP contribution < -0.4 is 5.73 Å². The van der Waals surface area contributed by atoms with E-state index in [1.807, 2.05) is 11.0 Å². The number of nitrogens with zero attached hydrogens (tertiary/aromatic N) is 2. The van der Waals surface area contributed by atoms with Crippen molar-refractivity contribution in [3.8, 4) is 0 Å². The second-order valence-electron chi connectivity index (χ2n) is 5.76. The fraction of sp³-hybridized carbons (Fsp3) is 0.588. The molecule has 0 aliphatic carbocycles. The minimum Gasteiger partial charge on any atom is -0.380 e. The maximum absolute atomic E-state index is 12.2. The van der Waals surface area contributed by atoms with Crippen molar-refractivity contribution in [3.05, 3.63) is 35.9 Å². The molecule has 122 valence electrons. The lowest BCUT2D eigenvalue weighted by atomic mass is 10.1. The topological polar surface area (TPSA) is 58.8 Å². The van der Waals surface area contributed by atoms with Crippen LogP contribution in [0.2, 0.25) is 0 Å². The monoisotopic (exact) mass is 305 g/mol. The molecule has 1 aliphatic rings. The Balaban J connectivity index is 1.70. The van der Waals surface area contributed by atoms with Crippen LogP contribution in [0, 0.1) is 0 Å². The van der Waals surface area contributed by atoms with Gasteiger partial charge in [-0.3, -0.25) is 9.69 Å². The Bertz CT molecular complexity index is 440. The number of piperazine rings is 1. The van der Waals surface area contributed by atoms with Gasteiger partial charge in [0, 0.05) is 46.4 Å². The average Bonchev–Trinajstić information content (AvgIpc) is 2.59. The molecule has 0 radical (unpaired) electrons. The molecule has 0 aromatic heterocycles. The maximum Gasteiger partial charge on any atom is 0.225 e. The van der Waals surface area contributed by atoms with Crippen molar-refractivity contribution in [1.29, 1.82) is 0 Å². The summed E-state index contributed by atoms with van der Waals surface area (Å²) in [6, 6.07) is 10.5. The molecular weight excluding hydrogens is 278 g/mol. The van der Waals surface area contributed by atoms with E-state index in [9.17, 15) is 4.79 Å². The second kappa shape index (κ2) is 8.88. The number of nitrogens with two attached hydrogens (primary N) is 1. The van der Waals surface area contributed by atoms with E-state index in [1.54, 1.807) is 7.11 Å². The first kappa shape index (κ1) is 16.9. The second-order valence-corrected chi connectivity index (χ2v) is 5.76. The molecule has 1 aromatic rings. The quantitative estimate of drug-likeness (QED) is 0.807. The van der Waals surface area contributed by atoms with Crippen molar-refractivity contribution < 1.29 is 9.53 Å². The molecule has 1 saturated heterocycles. The number of ether oxygens (including phenoxy) is 1. The summed E-state index contributed by atoms with van der Waals surface area (Å²) in [5.74, 6) is 0.153. The highest BCUT2D eigenvalue weighted by Gasteiger charge is 2.22. The fourth-order valence-corrected chi connectivity index (χ4v) is 2.74. The van der Waals surface area contributed by atoms with E-state index in [2.05, 4.69) is 29.2 Å². The lowest BCUT2D eigenvalue weighted by Crippen LogP contribution is -2.50. The van der Waals surface area contributed by atoms with Crippen molar-refractivity contribution in [2.45, 2.75) is 18.9 Å². The summed E-state index contributed by atoms with van der Waals surface area (Å²) in [4.78, 5) is 16.5. The molecule has 1 heterocycles. The Morgan fingerprint density at radius 2 is 1.91 bits per heavy atom. The smallest absolute Gasteiger partial charge is 0.225 e. The summed E-state index contributed by atoms with van der Waals surface area (Å²) in [5.41, 5.74) is 6.94. The van der Waals surface area contributed by atoms with Crippen molar-refractivity contribution in [3.63, 3.8) is 0 Å². The normalized spacial score (nSPS) is 17.5. The van der Waals surface area contributed by atoms with Crippen molar-refractivity contribution in [2.75, 3.05) is 46.4 Å². The first-order valence-electron chi connectivity index (χ1n) is 8.00. The van der Waals surface area contributed by atoms with Gasteiger partial charge in [0.05, 0.1) is 12.5 Å². The Morgan fingerprint density at radius 3 is 2.50 bits per heavy atom. The number of methoxy groups -OCH3 is 1. The molecule has 5 heteroatoms. The third kappa shape index (κ3) is 5.09. The number of carbonyl (C=O) groups excluding carboxylic acids is 1. The largest absolute Gasteiger partial charge is 0.380 e. The van der Waals surface area contributed by atoms with Gasteiger partial charge in [-0.2, -0.15) is 0 Å². The summed E-state index contributed by atoms with van der Waals surface area (Å²) in [7, 11) is 1.60. The molecule has 2 N–H and O–H groups in total. The first-order valence-corrected chi connectivity index (χ1v) is 8.00. The lowest BCUT2D eigenvalue weighted by Gasteiger charge is -2.35. The van der Waals surface area contributed by atoms with Gasteiger partial charge in [-0.25, -0.2) is 0 Å². The van der Waals surface area contributed by atoms with Gasteiger partial charge >= 0.3 is 0 Å². The zero-order valence-electron chi connectivity index (χ0n) is 13.4. The number of benzene rings is 1. The van der Waals surface area contributed by atoms with E-state index < -0.39 is 0 Å². The van der Waals surface area contributed by atoms with Gasteiger partial charge in [0.25, 0.3) is 0 Å². The molecular formula is C17H27N3O2. The number of rotatable bonds is 7. The molecule has 0 spiro atoms. The third-order valence-electron chi connectivity index (χ3n) is 4.28. The maximum atomic E-state index is 12.2. The molecule has 2 rings (SSSR count). The molecule has 1 aromatic carbocycles. The number of carbonyl (C=O) groups is 1. The molecule has 1 atom stereocenters. The van der Waals surface area contributed by atoms with E-state index in [0.717, 1.165) is 39.1 Å². The van der Waals surface area contributed by atoms with Crippen LogP contribution in [-0.4, -0.2) is 68.2 Å². The van der Waals surface area contributed by atoms with E-state index in [-0.39, 0.29) is 12.0 Å². The number of amides is 1. The fourth-order valence-electron chi connectivity index (χ4n) is 2.74. The van der Waals surface area contributed by atoms with Gasteiger partial charge in [-0.05, 0) is 12.0 Å². The minimum absolute atomic E-state index is 0.153. The van der Waals surface area contributed by atoms with Crippen LogP contribution in [-0.2, 0) is 16.0 Å². The van der Waals surface area contributed by atoms with Gasteiger partial charge in [0.2, 0.25) is 5.91 Å². The van der Waals surface area contributed by atoms with Crippen LogP contribution in [0.25, 0.3) is 0 Å². The summed E-state index contributed by atoms with van der Waals surface area (Å²) in [6.07, 6.45) is 1.29. The lowest BCUT2D eigenvalue weighted by molar-refractivity contribution is -0.135. The van der Waals surface area contributed by atoms with Gasteiger partial charge in [0.1, 0.15) is 0 Å². The standard InChI is InChI=1S/C17H27N3O2/c1-22-16(14-18)13-17(21)20-11-9-19(10-12-20)8-7-15-5-3-2-4-6-15/h2-6,16H,7-14,18H2,1H3. The van der Waals surface area contributed by atoms with Crippen molar-refractivity contribution in [2.24, 2.45) is 5.73 Å². The van der Waals surface area contributed by atoms with Gasteiger partial charge < -0.3 is 15.4 Å². The Hall–Kier alpha value is -1.43. The Labute approximate surface area is 133 Å². The molecule has 0 saturated carbocycles. The highest BCUT2D eigenvalue weighted by Crippen LogP contribution is 2.08. The van der Waals surface area contributed by atoms with E-state index >= 15 is 0 Å². The molecule has 1 aliphatic heterocycles. The highest BCUT2D eigenvalue weighted by molar-refractivity contribution is 5.76. The molecule has 22 heavy (non-hydrogen) atoms. The van der Waals surface area contributed by atoms with Crippen LogP contribution in [0.1, 0.15) is 12.0 Å². The summed E-state index contributed by atoms with van der Waals surface area (Å²) >= 11 is 0. The van der Waals surface area contributed by atoms with E-state index in [1.165, 1.54) is 5.56 Å². The predicted molar refractivity (Wildman–Crippen MR) is 87.6 cm³/mol. The first-order chi connectivity index (χ1) is 10.7. The SMILES string of the molecule is COC(CN)CC(=O)N1CCN(CCc2ccccc2)CC1. The van der Waals surface area contributed by atoms with Crippen LogP contribution in [0.15, 0.2) is 30.3 Å². The van der Waals surface area contributed by atoms with Crippen LogP contribution >= 0.6 is 0 Å². The summed E-state index contributed by atoms with van der Waals surface area (Å²) < 4.78 is 5.19. The van der Waals surface area contributed by atoms with Crippen LogP contribution in [0.3, 0.4) is 0 Å². The van der Waals surface area contributed by atoms with Gasteiger partial charge in [-0.15, -0.1) is 0 Å². The van der Waals surface area contributed by atoms with Gasteiger partial charge in [0.15, 0.2) is 0 Å². The highest BCUT2D eigenvalue weighted by atomic mass is 16.5. The molecule has 5 nitrogen and oxygen atoms in total. The molecule has 1 unspecified atom stereocenters. The summed E-state index contributed by atoms with van der Waals surface area (Å²) in [6.45, 7) is 4.93. The minimum atomic E-state index is -0.163. The van der Waals surface area contributed by atoms with Crippen LogP contribution in [0.4, 0.5) is 0 Å². The van der Waals surface area contributed by atoms with Gasteiger partial charge in [-0.1, -0.05) is 30.3 Å². The van der Waals surface area contributed by atoms with E-state index in [0.29, 0.717) is 13.0 Å². The summed E-state index contributed by atoms with van der Waals surface area (Å²) in [5, 5.41) is 0. The van der Waals surface area contributed by atoms with Crippen molar-refractivity contribution in [1.82, 2.24) is 9.80 Å². The zero-order valence-corrected chi connectivity index (χ0v) is 13.4. The molecule has 0 bridgehead atoms. The molecule has 1 fully saturated rings. The zero-order chi connectivity index (χ0) is 15.8. The van der Waals surface area contributed by atoms with Crippen LogP contribution in [0.5, 0.6) is 0 Å². The number of hydrogen-bond acceptors (Lipinski definition) is 4. The van der Waals surface area contributed by atoms with E-state index in [4.69, 9.17) is 10.5 Å². The molecule has 1 amide bonds. The predicted octanol–water partition coefficient (Wildman–Crippen LogP) is 0.737.